The van der Waals surface area contributed by atoms with E-state index in [1.165, 1.54) is 0 Å². The Morgan fingerprint density at radius 1 is 0.885 bits per heavy atom. The summed E-state index contributed by atoms with van der Waals surface area (Å²) >= 11 is 0. The van der Waals surface area contributed by atoms with Gasteiger partial charge in [-0.3, -0.25) is 0 Å². The van der Waals surface area contributed by atoms with Gasteiger partial charge in [-0.15, -0.1) is 0 Å². The summed E-state index contributed by atoms with van der Waals surface area (Å²) in [7, 11) is 0. The van der Waals surface area contributed by atoms with Crippen molar-refractivity contribution in [3.63, 3.8) is 0 Å². The number of carbonyl (C=O) groups is 3. The zero-order valence-corrected chi connectivity index (χ0v) is 16.1. The number of ether oxygens (including phenoxy) is 4. The van der Waals surface area contributed by atoms with Gasteiger partial charge in [-0.05, 0) is 40.2 Å². The number of carbonyl (C=O) groups excluding carboxylic acids is 3. The normalized spacial score (nSPS) is 10.2. The lowest BCUT2D eigenvalue weighted by atomic mass is 10.2. The minimum absolute atomic E-state index is 0.00777. The molecule has 0 atom stereocenters. The van der Waals surface area contributed by atoms with E-state index in [1.54, 1.807) is 13.8 Å². The third kappa shape index (κ3) is 12.9. The number of hydrogen-bond donors (Lipinski definition) is 0. The van der Waals surface area contributed by atoms with Crippen LogP contribution in [0.5, 0.6) is 0 Å². The fraction of sp³-hybridized carbons (Fsp3) is 0.526. The predicted octanol–water partition coefficient (Wildman–Crippen LogP) is 2.66. The molecule has 0 spiro atoms. The number of esters is 3. The standard InChI is InChI=1S/C13H18O3.C6H10O4/c1-13(2,3)16-12(14)10-15-9-11-7-5-4-6-8-11;1-3-9-5(7)6(8)10-4-2/h4-8H,9-10H2,1-3H3;3-4H2,1-2H3. The first-order valence-corrected chi connectivity index (χ1v) is 8.37. The van der Waals surface area contributed by atoms with Gasteiger partial charge < -0.3 is 18.9 Å². The van der Waals surface area contributed by atoms with E-state index in [-0.39, 0.29) is 25.8 Å². The Morgan fingerprint density at radius 2 is 1.38 bits per heavy atom. The first kappa shape index (κ1) is 23.6. The van der Waals surface area contributed by atoms with Gasteiger partial charge in [0, 0.05) is 0 Å². The van der Waals surface area contributed by atoms with E-state index in [0.29, 0.717) is 6.61 Å². The summed E-state index contributed by atoms with van der Waals surface area (Å²) in [6.07, 6.45) is 0. The van der Waals surface area contributed by atoms with Crippen LogP contribution in [0.4, 0.5) is 0 Å². The predicted molar refractivity (Wildman–Crippen MR) is 95.2 cm³/mol. The molecule has 0 saturated heterocycles. The van der Waals surface area contributed by atoms with Gasteiger partial charge in [-0.25, -0.2) is 14.4 Å². The van der Waals surface area contributed by atoms with E-state index in [0.717, 1.165) is 5.56 Å². The topological polar surface area (TPSA) is 88.1 Å². The Bertz CT molecular complexity index is 531. The van der Waals surface area contributed by atoms with Crippen molar-refractivity contribution >= 4 is 17.9 Å². The molecule has 0 aliphatic rings. The molecule has 26 heavy (non-hydrogen) atoms. The highest BCUT2D eigenvalue weighted by Crippen LogP contribution is 2.07. The average molecular weight is 368 g/mol. The second-order valence-corrected chi connectivity index (χ2v) is 6.01. The van der Waals surface area contributed by atoms with Crippen LogP contribution in [0.15, 0.2) is 30.3 Å². The maximum absolute atomic E-state index is 11.3. The minimum atomic E-state index is -0.927. The molecule has 0 amide bonds. The Kier molecular flexibility index (Phi) is 11.7. The van der Waals surface area contributed by atoms with Crippen molar-refractivity contribution in [1.29, 1.82) is 0 Å². The molecule has 0 fully saturated rings. The number of hydrogen-bond acceptors (Lipinski definition) is 7. The first-order chi connectivity index (χ1) is 12.2. The second kappa shape index (κ2) is 12.9. The van der Waals surface area contributed by atoms with Crippen LogP contribution in [0.2, 0.25) is 0 Å². The Balaban J connectivity index is 0.000000541. The molecule has 1 aromatic rings. The molecule has 0 N–H and O–H groups in total. The zero-order chi connectivity index (χ0) is 20.0. The van der Waals surface area contributed by atoms with Crippen LogP contribution in [-0.2, 0) is 39.9 Å². The second-order valence-electron chi connectivity index (χ2n) is 6.01. The van der Waals surface area contributed by atoms with Crippen LogP contribution in [0.25, 0.3) is 0 Å². The van der Waals surface area contributed by atoms with Crippen LogP contribution in [0.3, 0.4) is 0 Å². The lowest BCUT2D eigenvalue weighted by Gasteiger charge is -2.19. The van der Waals surface area contributed by atoms with Crippen LogP contribution >= 0.6 is 0 Å². The highest BCUT2D eigenvalue weighted by Gasteiger charge is 2.16. The molecule has 7 heteroatoms. The van der Waals surface area contributed by atoms with Crippen LogP contribution < -0.4 is 0 Å². The van der Waals surface area contributed by atoms with E-state index >= 15 is 0 Å². The van der Waals surface area contributed by atoms with Crippen molar-refractivity contribution in [2.75, 3.05) is 19.8 Å². The highest BCUT2D eigenvalue weighted by molar-refractivity contribution is 6.29. The SMILES string of the molecule is CC(C)(C)OC(=O)COCc1ccccc1.CCOC(=O)C(=O)OCC. The smallest absolute Gasteiger partial charge is 0.417 e. The average Bonchev–Trinajstić information content (AvgIpc) is 2.55. The zero-order valence-electron chi connectivity index (χ0n) is 16.1. The maximum atomic E-state index is 11.3. The van der Waals surface area contributed by atoms with Gasteiger partial charge in [0.25, 0.3) is 0 Å². The van der Waals surface area contributed by atoms with Crippen molar-refractivity contribution in [3.05, 3.63) is 35.9 Å². The molecule has 1 aromatic carbocycles. The molecule has 1 rings (SSSR count). The van der Waals surface area contributed by atoms with Gasteiger partial charge in [0.1, 0.15) is 12.2 Å². The van der Waals surface area contributed by atoms with Crippen LogP contribution in [-0.4, -0.2) is 43.3 Å². The van der Waals surface area contributed by atoms with Gasteiger partial charge in [-0.1, -0.05) is 30.3 Å². The van der Waals surface area contributed by atoms with Gasteiger partial charge >= 0.3 is 17.9 Å². The van der Waals surface area contributed by atoms with E-state index < -0.39 is 17.5 Å². The third-order valence-corrected chi connectivity index (χ3v) is 2.47. The molecule has 0 aliphatic carbocycles. The van der Waals surface area contributed by atoms with Gasteiger partial charge in [0.2, 0.25) is 0 Å². The van der Waals surface area contributed by atoms with Gasteiger partial charge in [0.05, 0.1) is 19.8 Å². The number of benzene rings is 1. The van der Waals surface area contributed by atoms with Crippen LogP contribution in [0.1, 0.15) is 40.2 Å². The summed E-state index contributed by atoms with van der Waals surface area (Å²) < 4.78 is 19.0. The molecule has 0 radical (unpaired) electrons. The minimum Gasteiger partial charge on any atom is -0.458 e. The third-order valence-electron chi connectivity index (χ3n) is 2.47. The molecular formula is C19H28O7. The molecule has 0 saturated carbocycles. The molecule has 0 aliphatic heterocycles. The quantitative estimate of drug-likeness (QED) is 0.433. The summed E-state index contributed by atoms with van der Waals surface area (Å²) in [5.41, 5.74) is 0.596. The summed E-state index contributed by atoms with van der Waals surface area (Å²) in [5, 5.41) is 0. The fourth-order valence-electron chi connectivity index (χ4n) is 1.58. The van der Waals surface area contributed by atoms with E-state index in [4.69, 9.17) is 9.47 Å². The summed E-state index contributed by atoms with van der Waals surface area (Å²) in [4.78, 5) is 32.2. The van der Waals surface area contributed by atoms with Gasteiger partial charge in [-0.2, -0.15) is 0 Å². The molecule has 0 aromatic heterocycles. The molecule has 0 heterocycles. The monoisotopic (exact) mass is 368 g/mol. The fourth-order valence-corrected chi connectivity index (χ4v) is 1.58. The number of rotatable bonds is 6. The van der Waals surface area contributed by atoms with Crippen molar-refractivity contribution in [1.82, 2.24) is 0 Å². The largest absolute Gasteiger partial charge is 0.458 e. The Hall–Kier alpha value is -2.41. The lowest BCUT2D eigenvalue weighted by molar-refractivity contribution is -0.167. The van der Waals surface area contributed by atoms with E-state index in [1.807, 2.05) is 51.1 Å². The summed E-state index contributed by atoms with van der Waals surface area (Å²) in [6, 6.07) is 9.72. The summed E-state index contributed by atoms with van der Waals surface area (Å²) in [6.45, 7) is 9.56. The van der Waals surface area contributed by atoms with Gasteiger partial charge in [0.15, 0.2) is 0 Å². The Labute approximate surface area is 154 Å². The molecule has 146 valence electrons. The van der Waals surface area contributed by atoms with E-state index in [2.05, 4.69) is 9.47 Å². The molecular weight excluding hydrogens is 340 g/mol. The van der Waals surface area contributed by atoms with Crippen molar-refractivity contribution < 1.29 is 33.3 Å². The summed E-state index contributed by atoms with van der Waals surface area (Å²) in [5.74, 6) is -2.18. The van der Waals surface area contributed by atoms with Crippen molar-refractivity contribution in [2.45, 2.75) is 46.8 Å². The van der Waals surface area contributed by atoms with E-state index in [9.17, 15) is 14.4 Å². The highest BCUT2D eigenvalue weighted by atomic mass is 16.6. The maximum Gasteiger partial charge on any atom is 0.417 e. The van der Waals surface area contributed by atoms with Crippen molar-refractivity contribution in [2.24, 2.45) is 0 Å². The molecule has 7 nitrogen and oxygen atoms in total. The molecule has 0 bridgehead atoms. The lowest BCUT2D eigenvalue weighted by Crippen LogP contribution is -2.26. The van der Waals surface area contributed by atoms with Crippen LogP contribution in [0, 0.1) is 0 Å². The van der Waals surface area contributed by atoms with Crippen molar-refractivity contribution in [3.8, 4) is 0 Å². The Morgan fingerprint density at radius 3 is 1.81 bits per heavy atom. The first-order valence-electron chi connectivity index (χ1n) is 8.37. The molecule has 0 unspecified atom stereocenters.